The van der Waals surface area contributed by atoms with Crippen LogP contribution in [0, 0.1) is 12.7 Å². The molecule has 0 atom stereocenters. The highest BCUT2D eigenvalue weighted by Crippen LogP contribution is 2.29. The second-order valence-electron chi connectivity index (χ2n) is 5.55. The van der Waals surface area contributed by atoms with E-state index in [9.17, 15) is 14.0 Å². The van der Waals surface area contributed by atoms with Gasteiger partial charge in [-0.25, -0.2) is 9.18 Å². The van der Waals surface area contributed by atoms with Crippen molar-refractivity contribution in [2.75, 3.05) is 7.11 Å². The van der Waals surface area contributed by atoms with Crippen LogP contribution in [-0.4, -0.2) is 24.5 Å². The SMILES string of the molecule is COC(=O)C1(NC(=O)c2ccc(C)c(F)c2)CCCCC1. The Morgan fingerprint density at radius 1 is 1.24 bits per heavy atom. The van der Waals surface area contributed by atoms with Crippen molar-refractivity contribution in [1.29, 1.82) is 0 Å². The van der Waals surface area contributed by atoms with Crippen LogP contribution in [-0.2, 0) is 9.53 Å². The molecule has 0 saturated heterocycles. The first-order chi connectivity index (χ1) is 9.98. The summed E-state index contributed by atoms with van der Waals surface area (Å²) in [7, 11) is 1.32. The highest BCUT2D eigenvalue weighted by Gasteiger charge is 2.42. The number of carbonyl (C=O) groups is 2. The maximum absolute atomic E-state index is 13.6. The first-order valence-corrected chi connectivity index (χ1v) is 7.15. The highest BCUT2D eigenvalue weighted by molar-refractivity contribution is 5.98. The number of carbonyl (C=O) groups excluding carboxylic acids is 2. The number of nitrogens with one attached hydrogen (secondary N) is 1. The van der Waals surface area contributed by atoms with Gasteiger partial charge in [-0.1, -0.05) is 25.3 Å². The second kappa shape index (κ2) is 6.24. The van der Waals surface area contributed by atoms with Crippen molar-refractivity contribution in [3.05, 3.63) is 35.1 Å². The molecular formula is C16H20FNO3. The quantitative estimate of drug-likeness (QED) is 0.872. The molecule has 21 heavy (non-hydrogen) atoms. The first-order valence-electron chi connectivity index (χ1n) is 7.15. The van der Waals surface area contributed by atoms with E-state index in [1.807, 2.05) is 0 Å². The minimum absolute atomic E-state index is 0.215. The summed E-state index contributed by atoms with van der Waals surface area (Å²) in [6, 6.07) is 4.30. The van der Waals surface area contributed by atoms with Crippen LogP contribution in [0.4, 0.5) is 4.39 Å². The van der Waals surface area contributed by atoms with Gasteiger partial charge in [-0.15, -0.1) is 0 Å². The Morgan fingerprint density at radius 3 is 2.48 bits per heavy atom. The van der Waals surface area contributed by atoms with E-state index in [4.69, 9.17) is 4.74 Å². The average molecular weight is 293 g/mol. The Morgan fingerprint density at radius 2 is 1.90 bits per heavy atom. The second-order valence-corrected chi connectivity index (χ2v) is 5.55. The van der Waals surface area contributed by atoms with Crippen LogP contribution >= 0.6 is 0 Å². The fourth-order valence-electron chi connectivity index (χ4n) is 2.75. The van der Waals surface area contributed by atoms with Crippen LogP contribution in [0.5, 0.6) is 0 Å². The molecule has 1 aliphatic carbocycles. The molecule has 1 N–H and O–H groups in total. The number of esters is 1. The Balaban J connectivity index is 2.21. The molecule has 1 aliphatic rings. The molecule has 1 aromatic carbocycles. The Kier molecular flexibility index (Phi) is 4.60. The van der Waals surface area contributed by atoms with E-state index < -0.39 is 23.2 Å². The van der Waals surface area contributed by atoms with E-state index in [0.29, 0.717) is 18.4 Å². The number of halogens is 1. The standard InChI is InChI=1S/C16H20FNO3/c1-11-6-7-12(10-13(11)17)14(19)18-16(15(20)21-2)8-4-3-5-9-16/h6-7,10H,3-5,8-9H2,1-2H3,(H,18,19). The van der Waals surface area contributed by atoms with Crippen molar-refractivity contribution in [3.63, 3.8) is 0 Å². The van der Waals surface area contributed by atoms with Gasteiger partial charge in [0.25, 0.3) is 5.91 Å². The van der Waals surface area contributed by atoms with E-state index in [1.54, 1.807) is 19.1 Å². The van der Waals surface area contributed by atoms with E-state index in [-0.39, 0.29) is 5.56 Å². The van der Waals surface area contributed by atoms with Gasteiger partial charge in [-0.2, -0.15) is 0 Å². The van der Waals surface area contributed by atoms with Crippen molar-refractivity contribution in [1.82, 2.24) is 5.32 Å². The van der Waals surface area contributed by atoms with Crippen molar-refractivity contribution < 1.29 is 18.7 Å². The number of methoxy groups -OCH3 is 1. The summed E-state index contributed by atoms with van der Waals surface area (Å²) in [5.41, 5.74) is -0.287. The van der Waals surface area contributed by atoms with E-state index >= 15 is 0 Å². The van der Waals surface area contributed by atoms with Gasteiger partial charge < -0.3 is 10.1 Å². The highest BCUT2D eigenvalue weighted by atomic mass is 19.1. The zero-order valence-corrected chi connectivity index (χ0v) is 12.4. The smallest absolute Gasteiger partial charge is 0.331 e. The summed E-state index contributed by atoms with van der Waals surface area (Å²) in [5, 5.41) is 2.77. The molecule has 0 spiro atoms. The summed E-state index contributed by atoms with van der Waals surface area (Å²) < 4.78 is 18.4. The van der Waals surface area contributed by atoms with Crippen LogP contribution in [0.1, 0.15) is 48.0 Å². The first kappa shape index (κ1) is 15.5. The molecule has 1 aromatic rings. The molecule has 0 aromatic heterocycles. The fourth-order valence-corrected chi connectivity index (χ4v) is 2.75. The number of amides is 1. The average Bonchev–Trinajstić information content (AvgIpc) is 2.50. The molecule has 4 nitrogen and oxygen atoms in total. The van der Waals surface area contributed by atoms with Gasteiger partial charge in [0.2, 0.25) is 0 Å². The Hall–Kier alpha value is -1.91. The minimum Gasteiger partial charge on any atom is -0.467 e. The summed E-state index contributed by atoms with van der Waals surface area (Å²) in [4.78, 5) is 24.4. The molecule has 0 heterocycles. The normalized spacial score (nSPS) is 17.1. The van der Waals surface area contributed by atoms with Crippen LogP contribution in [0.25, 0.3) is 0 Å². The van der Waals surface area contributed by atoms with Gasteiger partial charge in [0.15, 0.2) is 0 Å². The number of rotatable bonds is 3. The molecule has 1 saturated carbocycles. The van der Waals surface area contributed by atoms with Crippen molar-refractivity contribution in [2.45, 2.75) is 44.6 Å². The van der Waals surface area contributed by atoms with E-state index in [0.717, 1.165) is 19.3 Å². The predicted molar refractivity (Wildman–Crippen MR) is 76.4 cm³/mol. The fraction of sp³-hybridized carbons (Fsp3) is 0.500. The third-order valence-electron chi connectivity index (χ3n) is 4.07. The largest absolute Gasteiger partial charge is 0.467 e. The van der Waals surface area contributed by atoms with Crippen LogP contribution < -0.4 is 5.32 Å². The molecule has 1 fully saturated rings. The molecule has 2 rings (SSSR count). The van der Waals surface area contributed by atoms with Gasteiger partial charge in [0.1, 0.15) is 11.4 Å². The van der Waals surface area contributed by atoms with Crippen LogP contribution in [0.2, 0.25) is 0 Å². The Bertz CT molecular complexity index is 550. The van der Waals surface area contributed by atoms with E-state index in [2.05, 4.69) is 5.32 Å². The molecule has 114 valence electrons. The van der Waals surface area contributed by atoms with Gasteiger partial charge in [-0.3, -0.25) is 4.79 Å². The Labute approximate surface area is 123 Å². The lowest BCUT2D eigenvalue weighted by Gasteiger charge is -2.35. The monoisotopic (exact) mass is 293 g/mol. The molecule has 0 unspecified atom stereocenters. The lowest BCUT2D eigenvalue weighted by Crippen LogP contribution is -2.56. The number of aryl methyl sites for hydroxylation is 1. The molecular weight excluding hydrogens is 273 g/mol. The van der Waals surface area contributed by atoms with Crippen molar-refractivity contribution >= 4 is 11.9 Å². The van der Waals surface area contributed by atoms with Crippen molar-refractivity contribution in [3.8, 4) is 0 Å². The van der Waals surface area contributed by atoms with Crippen LogP contribution in [0.3, 0.4) is 0 Å². The lowest BCUT2D eigenvalue weighted by atomic mass is 9.81. The molecule has 0 bridgehead atoms. The number of hydrogen-bond acceptors (Lipinski definition) is 3. The van der Waals surface area contributed by atoms with Gasteiger partial charge in [-0.05, 0) is 37.5 Å². The summed E-state index contributed by atoms with van der Waals surface area (Å²) in [6.07, 6.45) is 3.86. The molecule has 0 radical (unpaired) electrons. The van der Waals surface area contributed by atoms with Gasteiger partial charge in [0, 0.05) is 5.56 Å². The van der Waals surface area contributed by atoms with Gasteiger partial charge >= 0.3 is 5.97 Å². The summed E-state index contributed by atoms with van der Waals surface area (Å²) in [6.45, 7) is 1.63. The predicted octanol–water partition coefficient (Wildman–Crippen LogP) is 2.74. The third-order valence-corrected chi connectivity index (χ3v) is 4.07. The minimum atomic E-state index is -0.981. The number of hydrogen-bond donors (Lipinski definition) is 1. The maximum atomic E-state index is 13.6. The summed E-state index contributed by atoms with van der Waals surface area (Å²) in [5.74, 6) is -1.30. The zero-order valence-electron chi connectivity index (χ0n) is 12.4. The lowest BCUT2D eigenvalue weighted by molar-refractivity contribution is -0.149. The molecule has 5 heteroatoms. The molecule has 0 aliphatic heterocycles. The van der Waals surface area contributed by atoms with E-state index in [1.165, 1.54) is 13.2 Å². The molecule has 1 amide bonds. The van der Waals surface area contributed by atoms with Crippen LogP contribution in [0.15, 0.2) is 18.2 Å². The third kappa shape index (κ3) is 3.23. The number of ether oxygens (including phenoxy) is 1. The topological polar surface area (TPSA) is 55.4 Å². The number of benzene rings is 1. The maximum Gasteiger partial charge on any atom is 0.331 e. The van der Waals surface area contributed by atoms with Crippen molar-refractivity contribution in [2.24, 2.45) is 0 Å². The zero-order chi connectivity index (χ0) is 15.5. The van der Waals surface area contributed by atoms with Gasteiger partial charge in [0.05, 0.1) is 7.11 Å². The summed E-state index contributed by atoms with van der Waals surface area (Å²) >= 11 is 0.